The number of benzene rings is 1. The Morgan fingerprint density at radius 2 is 2.10 bits per heavy atom. The number of methoxy groups -OCH3 is 1. The van der Waals surface area contributed by atoms with Crippen LogP contribution in [0.4, 0.5) is 4.39 Å². The Morgan fingerprint density at radius 1 is 1.33 bits per heavy atom. The lowest BCUT2D eigenvalue weighted by atomic mass is 10.1. The quantitative estimate of drug-likeness (QED) is 0.819. The highest BCUT2D eigenvalue weighted by atomic mass is 19.1. The number of hydrogen-bond donors (Lipinski definition) is 1. The van der Waals surface area contributed by atoms with Crippen molar-refractivity contribution in [3.05, 3.63) is 29.6 Å². The second kappa shape index (κ2) is 7.98. The smallest absolute Gasteiger partial charge is 0.223 e. The number of amides is 1. The molecule has 2 rings (SSSR count). The van der Waals surface area contributed by atoms with E-state index in [0.717, 1.165) is 31.5 Å². The van der Waals surface area contributed by atoms with Crippen molar-refractivity contribution in [3.63, 3.8) is 0 Å². The number of piperidine rings is 1. The zero-order chi connectivity index (χ0) is 15.1. The number of rotatable bonds is 6. The van der Waals surface area contributed by atoms with Crippen molar-refractivity contribution >= 4 is 5.91 Å². The van der Waals surface area contributed by atoms with Gasteiger partial charge in [0.25, 0.3) is 0 Å². The first-order chi connectivity index (χ1) is 10.2. The summed E-state index contributed by atoms with van der Waals surface area (Å²) in [5, 5.41) is 3.18. The van der Waals surface area contributed by atoms with Crippen LogP contribution in [0, 0.1) is 5.82 Å². The Hall–Kier alpha value is -1.62. The lowest BCUT2D eigenvalue weighted by Gasteiger charge is -2.26. The monoisotopic (exact) mass is 294 g/mol. The van der Waals surface area contributed by atoms with Crippen LogP contribution in [0.3, 0.4) is 0 Å². The minimum atomic E-state index is -0.360. The van der Waals surface area contributed by atoms with Gasteiger partial charge in [0.15, 0.2) is 11.6 Å². The van der Waals surface area contributed by atoms with Crippen molar-refractivity contribution in [2.45, 2.75) is 32.2 Å². The molecule has 0 bridgehead atoms. The minimum absolute atomic E-state index is 0.211. The molecule has 1 heterocycles. The molecule has 1 aromatic carbocycles. The Balaban J connectivity index is 1.69. The number of halogens is 1. The molecule has 0 aromatic heterocycles. The van der Waals surface area contributed by atoms with Crippen LogP contribution < -0.4 is 10.1 Å². The summed E-state index contributed by atoms with van der Waals surface area (Å²) in [4.78, 5) is 13.9. The van der Waals surface area contributed by atoms with Gasteiger partial charge in [0.05, 0.1) is 7.11 Å². The summed E-state index contributed by atoms with van der Waals surface area (Å²) in [6.07, 6.45) is 3.96. The van der Waals surface area contributed by atoms with E-state index in [1.165, 1.54) is 19.6 Å². The number of carbonyl (C=O) groups is 1. The zero-order valence-electron chi connectivity index (χ0n) is 12.5. The van der Waals surface area contributed by atoms with Crippen molar-refractivity contribution in [1.29, 1.82) is 0 Å². The molecule has 1 amide bonds. The molecular weight excluding hydrogens is 271 g/mol. The first-order valence-corrected chi connectivity index (χ1v) is 7.51. The van der Waals surface area contributed by atoms with Crippen LogP contribution in [0.15, 0.2) is 18.2 Å². The van der Waals surface area contributed by atoms with Gasteiger partial charge in [0.2, 0.25) is 5.91 Å². The Labute approximate surface area is 125 Å². The predicted molar refractivity (Wildman–Crippen MR) is 79.7 cm³/mol. The first kappa shape index (κ1) is 15.8. The highest BCUT2D eigenvalue weighted by molar-refractivity contribution is 5.76. The van der Waals surface area contributed by atoms with Crippen molar-refractivity contribution in [2.24, 2.45) is 0 Å². The predicted octanol–water partition coefficient (Wildman–Crippen LogP) is 2.33. The molecule has 0 unspecified atom stereocenters. The van der Waals surface area contributed by atoms with E-state index in [9.17, 15) is 9.18 Å². The van der Waals surface area contributed by atoms with Crippen LogP contribution in [0.5, 0.6) is 5.75 Å². The lowest BCUT2D eigenvalue weighted by molar-refractivity contribution is -0.131. The first-order valence-electron chi connectivity index (χ1n) is 7.51. The molecule has 0 aliphatic carbocycles. The van der Waals surface area contributed by atoms with Gasteiger partial charge in [-0.15, -0.1) is 0 Å². The van der Waals surface area contributed by atoms with Gasteiger partial charge in [-0.3, -0.25) is 4.79 Å². The van der Waals surface area contributed by atoms with Gasteiger partial charge >= 0.3 is 0 Å². The van der Waals surface area contributed by atoms with Crippen molar-refractivity contribution in [2.75, 3.05) is 26.7 Å². The van der Waals surface area contributed by atoms with Crippen LogP contribution in [0.25, 0.3) is 0 Å². The van der Waals surface area contributed by atoms with Gasteiger partial charge < -0.3 is 15.0 Å². The van der Waals surface area contributed by atoms with E-state index in [4.69, 9.17) is 4.74 Å². The SMILES string of the molecule is COc1ccc(CNCCC(=O)N2CCCCC2)cc1F. The number of ether oxygens (including phenoxy) is 1. The molecule has 4 nitrogen and oxygen atoms in total. The maximum atomic E-state index is 13.5. The molecule has 1 N–H and O–H groups in total. The molecule has 0 spiro atoms. The van der Waals surface area contributed by atoms with E-state index in [-0.39, 0.29) is 17.5 Å². The summed E-state index contributed by atoms with van der Waals surface area (Å²) >= 11 is 0. The molecule has 1 fully saturated rings. The Kier molecular flexibility index (Phi) is 5.99. The van der Waals surface area contributed by atoms with Gasteiger partial charge in [-0.05, 0) is 37.0 Å². The van der Waals surface area contributed by atoms with Gasteiger partial charge in [-0.1, -0.05) is 6.07 Å². The topological polar surface area (TPSA) is 41.6 Å². The molecule has 0 saturated carbocycles. The summed E-state index contributed by atoms with van der Waals surface area (Å²) < 4.78 is 18.4. The third kappa shape index (κ3) is 4.70. The molecule has 1 aliphatic heterocycles. The second-order valence-electron chi connectivity index (χ2n) is 5.34. The number of hydrogen-bond acceptors (Lipinski definition) is 3. The summed E-state index contributed by atoms with van der Waals surface area (Å²) in [5.41, 5.74) is 0.846. The average Bonchev–Trinajstić information content (AvgIpc) is 2.52. The van der Waals surface area contributed by atoms with Crippen LogP contribution in [-0.2, 0) is 11.3 Å². The van der Waals surface area contributed by atoms with Gasteiger partial charge in [-0.2, -0.15) is 0 Å². The van der Waals surface area contributed by atoms with E-state index in [1.54, 1.807) is 6.07 Å². The molecule has 1 saturated heterocycles. The highest BCUT2D eigenvalue weighted by Crippen LogP contribution is 2.17. The van der Waals surface area contributed by atoms with E-state index in [0.29, 0.717) is 19.5 Å². The summed E-state index contributed by atoms with van der Waals surface area (Å²) in [6, 6.07) is 4.89. The summed E-state index contributed by atoms with van der Waals surface area (Å²) in [7, 11) is 1.45. The molecule has 0 radical (unpaired) electrons. The minimum Gasteiger partial charge on any atom is -0.494 e. The number of nitrogens with zero attached hydrogens (tertiary/aromatic N) is 1. The third-order valence-electron chi connectivity index (χ3n) is 3.77. The van der Waals surface area contributed by atoms with E-state index < -0.39 is 0 Å². The van der Waals surface area contributed by atoms with Gasteiger partial charge in [0.1, 0.15) is 0 Å². The van der Waals surface area contributed by atoms with Gasteiger partial charge in [0, 0.05) is 32.6 Å². The maximum Gasteiger partial charge on any atom is 0.223 e. The van der Waals surface area contributed by atoms with Crippen molar-refractivity contribution < 1.29 is 13.9 Å². The number of carbonyl (C=O) groups excluding carboxylic acids is 1. The fourth-order valence-corrected chi connectivity index (χ4v) is 2.55. The fraction of sp³-hybridized carbons (Fsp3) is 0.562. The van der Waals surface area contributed by atoms with Crippen LogP contribution in [-0.4, -0.2) is 37.6 Å². The molecular formula is C16H23FN2O2. The Bertz CT molecular complexity index is 473. The maximum absolute atomic E-state index is 13.5. The number of nitrogens with one attached hydrogen (secondary N) is 1. The average molecular weight is 294 g/mol. The molecule has 1 aromatic rings. The standard InChI is InChI=1S/C16H23FN2O2/c1-21-15-6-5-13(11-14(15)17)12-18-8-7-16(20)19-9-3-2-4-10-19/h5-6,11,18H,2-4,7-10,12H2,1H3. The van der Waals surface area contributed by atoms with Crippen LogP contribution in [0.2, 0.25) is 0 Å². The van der Waals surface area contributed by atoms with Crippen LogP contribution >= 0.6 is 0 Å². The largest absolute Gasteiger partial charge is 0.494 e. The Morgan fingerprint density at radius 3 is 2.76 bits per heavy atom. The van der Waals surface area contributed by atoms with E-state index in [1.807, 2.05) is 11.0 Å². The van der Waals surface area contributed by atoms with Crippen molar-refractivity contribution in [3.8, 4) is 5.75 Å². The number of likely N-dealkylation sites (tertiary alicyclic amines) is 1. The molecule has 5 heteroatoms. The molecule has 1 aliphatic rings. The van der Waals surface area contributed by atoms with Crippen molar-refractivity contribution in [1.82, 2.24) is 10.2 Å². The van der Waals surface area contributed by atoms with E-state index in [2.05, 4.69) is 5.32 Å². The zero-order valence-corrected chi connectivity index (χ0v) is 12.5. The summed E-state index contributed by atoms with van der Waals surface area (Å²) in [6.45, 7) is 2.95. The molecule has 0 atom stereocenters. The third-order valence-corrected chi connectivity index (χ3v) is 3.77. The lowest BCUT2D eigenvalue weighted by Crippen LogP contribution is -2.37. The van der Waals surface area contributed by atoms with Crippen LogP contribution in [0.1, 0.15) is 31.2 Å². The van der Waals surface area contributed by atoms with E-state index >= 15 is 0 Å². The molecule has 116 valence electrons. The summed E-state index contributed by atoms with van der Waals surface area (Å²) in [5.74, 6) is 0.100. The normalized spacial score (nSPS) is 15.0. The molecule has 21 heavy (non-hydrogen) atoms. The van der Waals surface area contributed by atoms with Gasteiger partial charge in [-0.25, -0.2) is 4.39 Å². The highest BCUT2D eigenvalue weighted by Gasteiger charge is 2.15. The fourth-order valence-electron chi connectivity index (χ4n) is 2.55. The second-order valence-corrected chi connectivity index (χ2v) is 5.34.